The maximum Gasteiger partial charge on any atom is 0.123 e. The van der Waals surface area contributed by atoms with Gasteiger partial charge in [0.15, 0.2) is 0 Å². The lowest BCUT2D eigenvalue weighted by Crippen LogP contribution is -2.03. The zero-order chi connectivity index (χ0) is 18.9. The van der Waals surface area contributed by atoms with Crippen LogP contribution in [0.4, 0.5) is 0 Å². The number of ether oxygens (including phenoxy) is 2. The van der Waals surface area contributed by atoms with Gasteiger partial charge in [0.2, 0.25) is 0 Å². The summed E-state index contributed by atoms with van der Waals surface area (Å²) in [5.41, 5.74) is 6.89. The Kier molecular flexibility index (Phi) is 14.0. The van der Waals surface area contributed by atoms with Gasteiger partial charge < -0.3 is 15.2 Å². The minimum atomic E-state index is 0.515. The van der Waals surface area contributed by atoms with Gasteiger partial charge in [0, 0.05) is 12.6 Å². The fourth-order valence-electron chi connectivity index (χ4n) is 3.06. The molecule has 0 unspecified atom stereocenters. The van der Waals surface area contributed by atoms with Crippen LogP contribution in [-0.2, 0) is 6.54 Å². The molecule has 2 N–H and O–H groups in total. The molecule has 1 aromatic rings. The average Bonchev–Trinajstić information content (AvgIpc) is 2.66. The van der Waals surface area contributed by atoms with Gasteiger partial charge in [0.1, 0.15) is 11.5 Å². The van der Waals surface area contributed by atoms with Crippen LogP contribution in [0.3, 0.4) is 0 Å². The van der Waals surface area contributed by atoms with Crippen molar-refractivity contribution < 1.29 is 9.47 Å². The Hall–Kier alpha value is -1.22. The molecular formula is C23H41NO2. The van der Waals surface area contributed by atoms with Crippen LogP contribution in [0.5, 0.6) is 11.5 Å². The summed E-state index contributed by atoms with van der Waals surface area (Å²) < 4.78 is 11.9. The number of hydrogen-bond donors (Lipinski definition) is 1. The van der Waals surface area contributed by atoms with E-state index in [9.17, 15) is 0 Å². The predicted molar refractivity (Wildman–Crippen MR) is 112 cm³/mol. The molecule has 1 aromatic carbocycles. The molecule has 0 saturated heterocycles. The van der Waals surface area contributed by atoms with E-state index >= 15 is 0 Å². The normalized spacial score (nSPS) is 10.9. The molecule has 26 heavy (non-hydrogen) atoms. The highest BCUT2D eigenvalue weighted by atomic mass is 16.5. The Balaban J connectivity index is 2.28. The number of hydrogen-bond acceptors (Lipinski definition) is 3. The summed E-state index contributed by atoms with van der Waals surface area (Å²) >= 11 is 0. The molecule has 0 atom stereocenters. The Morgan fingerprint density at radius 3 is 1.46 bits per heavy atom. The first kappa shape index (κ1) is 22.8. The van der Waals surface area contributed by atoms with E-state index in [4.69, 9.17) is 15.2 Å². The second-order valence-electron chi connectivity index (χ2n) is 7.25. The largest absolute Gasteiger partial charge is 0.493 e. The molecule has 0 fully saturated rings. The van der Waals surface area contributed by atoms with Gasteiger partial charge in [0.05, 0.1) is 13.2 Å². The van der Waals surface area contributed by atoms with Crippen LogP contribution in [0.1, 0.15) is 96.5 Å². The summed E-state index contributed by atoms with van der Waals surface area (Å²) in [4.78, 5) is 0. The van der Waals surface area contributed by atoms with Crippen LogP contribution in [-0.4, -0.2) is 13.2 Å². The molecule has 0 radical (unpaired) electrons. The second-order valence-corrected chi connectivity index (χ2v) is 7.25. The van der Waals surface area contributed by atoms with Gasteiger partial charge in [-0.2, -0.15) is 0 Å². The van der Waals surface area contributed by atoms with Crippen molar-refractivity contribution in [2.45, 2.75) is 97.4 Å². The predicted octanol–water partition coefficient (Wildman–Crippen LogP) is 6.62. The van der Waals surface area contributed by atoms with Crippen molar-refractivity contribution >= 4 is 0 Å². The molecule has 3 nitrogen and oxygen atoms in total. The first-order valence-electron chi connectivity index (χ1n) is 10.9. The molecule has 0 aliphatic heterocycles. The van der Waals surface area contributed by atoms with Crippen molar-refractivity contribution in [3.8, 4) is 11.5 Å². The van der Waals surface area contributed by atoms with E-state index in [-0.39, 0.29) is 0 Å². The number of unbranched alkanes of at least 4 members (excludes halogenated alkanes) is 10. The standard InChI is InChI=1S/C23H41NO2/c1-3-5-7-9-11-13-15-25-22-17-21(20-24)18-23(19-22)26-16-14-12-10-8-6-4-2/h17-19H,3-16,20,24H2,1-2H3. The third kappa shape index (κ3) is 11.4. The Labute approximate surface area is 161 Å². The molecule has 0 aromatic heterocycles. The summed E-state index contributed by atoms with van der Waals surface area (Å²) in [6.07, 6.45) is 15.3. The van der Waals surface area contributed by atoms with Crippen molar-refractivity contribution in [2.75, 3.05) is 13.2 Å². The molecule has 0 aliphatic rings. The van der Waals surface area contributed by atoms with E-state index in [0.29, 0.717) is 6.54 Å². The quantitative estimate of drug-likeness (QED) is 0.316. The van der Waals surface area contributed by atoms with Gasteiger partial charge in [-0.3, -0.25) is 0 Å². The lowest BCUT2D eigenvalue weighted by Gasteiger charge is -2.12. The molecule has 150 valence electrons. The lowest BCUT2D eigenvalue weighted by atomic mass is 10.1. The second kappa shape index (κ2) is 16.0. The molecule has 3 heteroatoms. The third-order valence-corrected chi connectivity index (χ3v) is 4.71. The summed E-state index contributed by atoms with van der Waals surface area (Å²) in [7, 11) is 0. The van der Waals surface area contributed by atoms with Gasteiger partial charge in [-0.05, 0) is 30.5 Å². The van der Waals surface area contributed by atoms with Gasteiger partial charge in [-0.1, -0.05) is 78.1 Å². The minimum Gasteiger partial charge on any atom is -0.493 e. The zero-order valence-corrected chi connectivity index (χ0v) is 17.2. The molecule has 0 amide bonds. The maximum absolute atomic E-state index is 5.93. The summed E-state index contributed by atoms with van der Waals surface area (Å²) in [6.45, 7) is 6.56. The molecular weight excluding hydrogens is 322 g/mol. The third-order valence-electron chi connectivity index (χ3n) is 4.71. The van der Waals surface area contributed by atoms with Crippen LogP contribution in [0.15, 0.2) is 18.2 Å². The molecule has 0 saturated carbocycles. The summed E-state index contributed by atoms with van der Waals surface area (Å²) in [5.74, 6) is 1.78. The summed E-state index contributed by atoms with van der Waals surface area (Å²) in [5, 5.41) is 0. The number of nitrogens with two attached hydrogens (primary N) is 1. The minimum absolute atomic E-state index is 0.515. The van der Waals surface area contributed by atoms with E-state index in [0.717, 1.165) is 43.1 Å². The first-order valence-corrected chi connectivity index (χ1v) is 10.9. The van der Waals surface area contributed by atoms with E-state index in [1.165, 1.54) is 64.2 Å². The van der Waals surface area contributed by atoms with E-state index in [1.54, 1.807) is 0 Å². The SMILES string of the molecule is CCCCCCCCOc1cc(CN)cc(OCCCCCCCC)c1. The van der Waals surface area contributed by atoms with Crippen LogP contribution >= 0.6 is 0 Å². The Morgan fingerprint density at radius 2 is 1.04 bits per heavy atom. The van der Waals surface area contributed by atoms with E-state index in [1.807, 2.05) is 18.2 Å². The summed E-state index contributed by atoms with van der Waals surface area (Å²) in [6, 6.07) is 6.08. The van der Waals surface area contributed by atoms with Crippen LogP contribution in [0.25, 0.3) is 0 Å². The van der Waals surface area contributed by atoms with Crippen LogP contribution < -0.4 is 15.2 Å². The average molecular weight is 364 g/mol. The van der Waals surface area contributed by atoms with Crippen molar-refractivity contribution in [2.24, 2.45) is 5.73 Å². The fraction of sp³-hybridized carbons (Fsp3) is 0.739. The topological polar surface area (TPSA) is 44.5 Å². The highest BCUT2D eigenvalue weighted by Crippen LogP contribution is 2.23. The molecule has 0 bridgehead atoms. The zero-order valence-electron chi connectivity index (χ0n) is 17.2. The number of rotatable bonds is 17. The van der Waals surface area contributed by atoms with Crippen molar-refractivity contribution in [3.63, 3.8) is 0 Å². The fourth-order valence-corrected chi connectivity index (χ4v) is 3.06. The monoisotopic (exact) mass is 363 g/mol. The molecule has 0 aliphatic carbocycles. The van der Waals surface area contributed by atoms with Crippen molar-refractivity contribution in [3.05, 3.63) is 23.8 Å². The Bertz CT molecular complexity index is 412. The van der Waals surface area contributed by atoms with Gasteiger partial charge >= 0.3 is 0 Å². The maximum atomic E-state index is 5.93. The van der Waals surface area contributed by atoms with Gasteiger partial charge in [0.25, 0.3) is 0 Å². The van der Waals surface area contributed by atoms with E-state index < -0.39 is 0 Å². The smallest absolute Gasteiger partial charge is 0.123 e. The van der Waals surface area contributed by atoms with Crippen LogP contribution in [0.2, 0.25) is 0 Å². The van der Waals surface area contributed by atoms with E-state index in [2.05, 4.69) is 13.8 Å². The van der Waals surface area contributed by atoms with Crippen molar-refractivity contribution in [1.29, 1.82) is 0 Å². The Morgan fingerprint density at radius 1 is 0.615 bits per heavy atom. The molecule has 0 spiro atoms. The highest BCUT2D eigenvalue weighted by Gasteiger charge is 2.03. The first-order chi connectivity index (χ1) is 12.8. The van der Waals surface area contributed by atoms with Crippen LogP contribution in [0, 0.1) is 0 Å². The molecule has 1 rings (SSSR count). The van der Waals surface area contributed by atoms with Gasteiger partial charge in [-0.15, -0.1) is 0 Å². The van der Waals surface area contributed by atoms with Gasteiger partial charge in [-0.25, -0.2) is 0 Å². The highest BCUT2D eigenvalue weighted by molar-refractivity contribution is 5.38. The van der Waals surface area contributed by atoms with Crippen molar-refractivity contribution in [1.82, 2.24) is 0 Å². The molecule has 0 heterocycles. The number of benzene rings is 1. The lowest BCUT2D eigenvalue weighted by molar-refractivity contribution is 0.289.